The molecule has 1 aromatic carbocycles. The molecule has 0 radical (unpaired) electrons. The van der Waals surface area contributed by atoms with Crippen LogP contribution in [-0.2, 0) is 0 Å². The van der Waals surface area contributed by atoms with Crippen LogP contribution in [0.2, 0.25) is 0 Å². The van der Waals surface area contributed by atoms with Gasteiger partial charge in [-0.3, -0.25) is 14.5 Å². The molecule has 0 saturated carbocycles. The van der Waals surface area contributed by atoms with Crippen molar-refractivity contribution in [3.63, 3.8) is 0 Å². The Hall–Kier alpha value is -2.15. The highest BCUT2D eigenvalue weighted by Gasteiger charge is 2.25. The second-order valence-electron chi connectivity index (χ2n) is 7.41. The summed E-state index contributed by atoms with van der Waals surface area (Å²) in [6.07, 6.45) is 2.38. The average molecular weight is 433 g/mol. The van der Waals surface area contributed by atoms with Crippen molar-refractivity contribution in [2.24, 2.45) is 0 Å². The summed E-state index contributed by atoms with van der Waals surface area (Å²) in [4.78, 5) is 28.9. The van der Waals surface area contributed by atoms with Gasteiger partial charge < -0.3 is 9.73 Å². The Morgan fingerprint density at radius 1 is 1.24 bits per heavy atom. The Morgan fingerprint density at radius 3 is 2.69 bits per heavy atom. The first kappa shape index (κ1) is 21.6. The standard InChI is InChI=1S/C22H24N2O3S.ClH/c1-14-10-15(2)21-17(25)12-19(27-18(21)11-14)22(26)23-13-16(20-6-5-9-28-20)24-7-3-4-8-24;/h5-6,9-12,16H,3-4,7-8,13H2,1-2H3,(H,23,26);1H. The molecule has 4 rings (SSSR count). The van der Waals surface area contributed by atoms with Crippen molar-refractivity contribution in [2.75, 3.05) is 19.6 Å². The maximum atomic E-state index is 12.7. The van der Waals surface area contributed by atoms with Crippen LogP contribution >= 0.6 is 23.7 Å². The fourth-order valence-electron chi connectivity index (χ4n) is 4.00. The number of benzene rings is 1. The predicted molar refractivity (Wildman–Crippen MR) is 119 cm³/mol. The molecule has 1 aliphatic rings. The highest BCUT2D eigenvalue weighted by Crippen LogP contribution is 2.28. The second-order valence-corrected chi connectivity index (χ2v) is 8.39. The number of hydrogen-bond donors (Lipinski definition) is 1. The molecule has 0 bridgehead atoms. The van der Waals surface area contributed by atoms with Gasteiger partial charge in [-0.25, -0.2) is 0 Å². The normalized spacial score (nSPS) is 15.2. The largest absolute Gasteiger partial charge is 0.451 e. The highest BCUT2D eigenvalue weighted by molar-refractivity contribution is 7.10. The molecule has 0 spiro atoms. The first-order chi connectivity index (χ1) is 13.5. The zero-order valence-electron chi connectivity index (χ0n) is 16.6. The first-order valence-corrected chi connectivity index (χ1v) is 10.5. The van der Waals surface area contributed by atoms with Gasteiger partial charge in [-0.2, -0.15) is 0 Å². The molecular formula is C22H25ClN2O3S. The van der Waals surface area contributed by atoms with E-state index in [0.29, 0.717) is 17.5 Å². The third kappa shape index (κ3) is 4.55. The van der Waals surface area contributed by atoms with Crippen molar-refractivity contribution in [3.8, 4) is 0 Å². The van der Waals surface area contributed by atoms with Crippen molar-refractivity contribution < 1.29 is 9.21 Å². The van der Waals surface area contributed by atoms with Gasteiger partial charge in [0.05, 0.1) is 11.4 Å². The minimum Gasteiger partial charge on any atom is -0.451 e. The number of amides is 1. The Labute approximate surface area is 180 Å². The van der Waals surface area contributed by atoms with Gasteiger partial charge >= 0.3 is 0 Å². The van der Waals surface area contributed by atoms with Crippen LogP contribution in [0.5, 0.6) is 0 Å². The van der Waals surface area contributed by atoms with Crippen molar-refractivity contribution in [1.82, 2.24) is 10.2 Å². The van der Waals surface area contributed by atoms with E-state index in [0.717, 1.165) is 24.2 Å². The first-order valence-electron chi connectivity index (χ1n) is 9.63. The van der Waals surface area contributed by atoms with E-state index in [1.54, 1.807) is 17.4 Å². The highest BCUT2D eigenvalue weighted by atomic mass is 35.5. The van der Waals surface area contributed by atoms with E-state index in [1.165, 1.54) is 23.8 Å². The van der Waals surface area contributed by atoms with Crippen LogP contribution in [0.1, 0.15) is 45.4 Å². The Morgan fingerprint density at radius 2 is 2.00 bits per heavy atom. The summed E-state index contributed by atoms with van der Waals surface area (Å²) in [5.41, 5.74) is 2.14. The number of likely N-dealkylation sites (tertiary alicyclic amines) is 1. The SMILES string of the molecule is Cc1cc(C)c2c(=O)cc(C(=O)NCC(c3cccs3)N3CCCC3)oc2c1.Cl. The summed E-state index contributed by atoms with van der Waals surface area (Å²) in [6.45, 7) is 6.41. The molecule has 1 aliphatic heterocycles. The summed E-state index contributed by atoms with van der Waals surface area (Å²) in [5, 5.41) is 5.58. The number of carbonyl (C=O) groups excluding carboxylic acids is 1. The van der Waals surface area contributed by atoms with Gasteiger partial charge in [-0.1, -0.05) is 12.1 Å². The van der Waals surface area contributed by atoms with Crippen LogP contribution in [0.25, 0.3) is 11.0 Å². The third-order valence-electron chi connectivity index (χ3n) is 5.30. The number of thiophene rings is 1. The minimum absolute atomic E-state index is 0. The topological polar surface area (TPSA) is 62.6 Å². The summed E-state index contributed by atoms with van der Waals surface area (Å²) >= 11 is 1.71. The van der Waals surface area contributed by atoms with E-state index < -0.39 is 0 Å². The molecule has 3 heterocycles. The lowest BCUT2D eigenvalue weighted by atomic mass is 10.1. The van der Waals surface area contributed by atoms with Crippen molar-refractivity contribution in [3.05, 3.63) is 67.7 Å². The van der Waals surface area contributed by atoms with Gasteiger partial charge in [0, 0.05) is 17.5 Å². The van der Waals surface area contributed by atoms with E-state index in [9.17, 15) is 9.59 Å². The number of carbonyl (C=O) groups is 1. The molecule has 1 saturated heterocycles. The molecule has 1 N–H and O–H groups in total. The number of hydrogen-bond acceptors (Lipinski definition) is 5. The monoisotopic (exact) mass is 432 g/mol. The number of rotatable bonds is 5. The number of aryl methyl sites for hydroxylation is 2. The average Bonchev–Trinajstić information content (AvgIpc) is 3.35. The predicted octanol–water partition coefficient (Wildman–Crippen LogP) is 4.46. The second kappa shape index (κ2) is 9.11. The lowest BCUT2D eigenvalue weighted by molar-refractivity contribution is 0.0911. The quantitative estimate of drug-likeness (QED) is 0.646. The van der Waals surface area contributed by atoms with E-state index in [2.05, 4.69) is 21.7 Å². The van der Waals surface area contributed by atoms with E-state index >= 15 is 0 Å². The number of nitrogens with one attached hydrogen (secondary N) is 1. The molecule has 1 atom stereocenters. The Balaban J connectivity index is 0.00000240. The van der Waals surface area contributed by atoms with Crippen LogP contribution in [0.3, 0.4) is 0 Å². The van der Waals surface area contributed by atoms with Crippen LogP contribution in [0.15, 0.2) is 44.9 Å². The molecule has 1 unspecified atom stereocenters. The number of fused-ring (bicyclic) bond motifs is 1. The van der Waals surface area contributed by atoms with Gasteiger partial charge in [-0.15, -0.1) is 23.7 Å². The molecule has 5 nitrogen and oxygen atoms in total. The maximum absolute atomic E-state index is 12.7. The molecule has 0 aliphatic carbocycles. The molecule has 1 amide bonds. The molecule has 1 fully saturated rings. The Bertz CT molecular complexity index is 1060. The van der Waals surface area contributed by atoms with Crippen molar-refractivity contribution >= 4 is 40.6 Å². The number of nitrogens with zero attached hydrogens (tertiary/aromatic N) is 1. The molecule has 3 aromatic rings. The molecule has 7 heteroatoms. The summed E-state index contributed by atoms with van der Waals surface area (Å²) in [7, 11) is 0. The number of halogens is 1. The fraction of sp³-hybridized carbons (Fsp3) is 0.364. The van der Waals surface area contributed by atoms with E-state index in [1.807, 2.05) is 26.0 Å². The molecular weight excluding hydrogens is 408 g/mol. The van der Waals surface area contributed by atoms with Gasteiger partial charge in [-0.05, 0) is 68.4 Å². The zero-order chi connectivity index (χ0) is 19.7. The van der Waals surface area contributed by atoms with Gasteiger partial charge in [0.2, 0.25) is 0 Å². The third-order valence-corrected chi connectivity index (χ3v) is 6.28. The summed E-state index contributed by atoms with van der Waals surface area (Å²) in [6, 6.07) is 9.36. The van der Waals surface area contributed by atoms with Crippen molar-refractivity contribution in [1.29, 1.82) is 0 Å². The summed E-state index contributed by atoms with van der Waals surface area (Å²) in [5.74, 6) is -0.284. The summed E-state index contributed by atoms with van der Waals surface area (Å²) < 4.78 is 5.79. The minimum atomic E-state index is -0.348. The van der Waals surface area contributed by atoms with E-state index in [4.69, 9.17) is 4.42 Å². The fourth-order valence-corrected chi connectivity index (χ4v) is 4.86. The van der Waals surface area contributed by atoms with Gasteiger partial charge in [0.1, 0.15) is 5.58 Å². The molecule has 29 heavy (non-hydrogen) atoms. The van der Waals surface area contributed by atoms with Crippen LogP contribution < -0.4 is 10.7 Å². The van der Waals surface area contributed by atoms with Crippen LogP contribution in [-0.4, -0.2) is 30.4 Å². The van der Waals surface area contributed by atoms with Crippen LogP contribution in [0.4, 0.5) is 0 Å². The van der Waals surface area contributed by atoms with Crippen LogP contribution in [0, 0.1) is 13.8 Å². The smallest absolute Gasteiger partial charge is 0.287 e. The maximum Gasteiger partial charge on any atom is 0.287 e. The lowest BCUT2D eigenvalue weighted by Gasteiger charge is -2.26. The van der Waals surface area contributed by atoms with Gasteiger partial charge in [0.15, 0.2) is 11.2 Å². The lowest BCUT2D eigenvalue weighted by Crippen LogP contribution is -2.36. The molecule has 154 valence electrons. The zero-order valence-corrected chi connectivity index (χ0v) is 18.2. The van der Waals surface area contributed by atoms with Gasteiger partial charge in [0.25, 0.3) is 5.91 Å². The molecule has 2 aromatic heterocycles. The van der Waals surface area contributed by atoms with E-state index in [-0.39, 0.29) is 35.5 Å². The Kier molecular flexibility index (Phi) is 6.77. The van der Waals surface area contributed by atoms with Crippen molar-refractivity contribution in [2.45, 2.75) is 32.7 Å².